The Bertz CT molecular complexity index is 723. The van der Waals surface area contributed by atoms with Crippen molar-refractivity contribution in [3.63, 3.8) is 0 Å². The lowest BCUT2D eigenvalue weighted by atomic mass is 10.1. The highest BCUT2D eigenvalue weighted by molar-refractivity contribution is 7.99. The number of rotatable bonds is 5. The number of hydrogen-bond donors (Lipinski definition) is 1. The highest BCUT2D eigenvalue weighted by Gasteiger charge is 2.15. The Morgan fingerprint density at radius 1 is 1.17 bits per heavy atom. The molecule has 1 heterocycles. The summed E-state index contributed by atoms with van der Waals surface area (Å²) >= 11 is 1.70. The van der Waals surface area contributed by atoms with E-state index in [9.17, 15) is 4.79 Å². The van der Waals surface area contributed by atoms with Gasteiger partial charge >= 0.3 is 0 Å². The zero-order valence-corrected chi connectivity index (χ0v) is 15.2. The summed E-state index contributed by atoms with van der Waals surface area (Å²) in [6.45, 7) is 6.42. The molecule has 1 aliphatic rings. The molecule has 0 aliphatic carbocycles. The zero-order chi connectivity index (χ0) is 16.9. The Balaban J connectivity index is 1.77. The summed E-state index contributed by atoms with van der Waals surface area (Å²) in [6, 6.07) is 14.1. The standard InChI is InChI=1S/C20H24N2OS/c1-3-24-19-9-5-4-8-17(19)20(23)21-18-11-10-16(14-15(18)2)22-12-6-7-13-22/h4-5,8-11,14H,3,6-7,12-13H2,1-2H3,(H,21,23). The molecule has 0 radical (unpaired) electrons. The molecule has 0 aromatic heterocycles. The van der Waals surface area contributed by atoms with Gasteiger partial charge in [0.25, 0.3) is 5.91 Å². The van der Waals surface area contributed by atoms with Crippen LogP contribution in [-0.2, 0) is 0 Å². The third kappa shape index (κ3) is 3.75. The molecule has 0 saturated carbocycles. The van der Waals surface area contributed by atoms with Gasteiger partial charge in [0.15, 0.2) is 0 Å². The normalized spacial score (nSPS) is 14.0. The summed E-state index contributed by atoms with van der Waals surface area (Å²) in [5.41, 5.74) is 3.99. The van der Waals surface area contributed by atoms with E-state index < -0.39 is 0 Å². The van der Waals surface area contributed by atoms with Gasteiger partial charge in [-0.3, -0.25) is 4.79 Å². The van der Waals surface area contributed by atoms with Gasteiger partial charge in [-0.05, 0) is 61.4 Å². The molecule has 1 aliphatic heterocycles. The monoisotopic (exact) mass is 340 g/mol. The number of hydrogen-bond acceptors (Lipinski definition) is 3. The van der Waals surface area contributed by atoms with Crippen LogP contribution in [0.4, 0.5) is 11.4 Å². The molecule has 1 fully saturated rings. The first kappa shape index (κ1) is 16.9. The topological polar surface area (TPSA) is 32.3 Å². The van der Waals surface area contributed by atoms with Crippen molar-refractivity contribution in [1.82, 2.24) is 0 Å². The number of carbonyl (C=O) groups excluding carboxylic acids is 1. The maximum atomic E-state index is 12.7. The van der Waals surface area contributed by atoms with E-state index in [1.54, 1.807) is 11.8 Å². The van der Waals surface area contributed by atoms with Gasteiger partial charge in [0.05, 0.1) is 5.56 Å². The SMILES string of the molecule is CCSc1ccccc1C(=O)Nc1ccc(N2CCCC2)cc1C. The van der Waals surface area contributed by atoms with Crippen LogP contribution in [-0.4, -0.2) is 24.7 Å². The first-order chi connectivity index (χ1) is 11.7. The minimum atomic E-state index is -0.0384. The molecule has 0 unspecified atom stereocenters. The summed E-state index contributed by atoms with van der Waals surface area (Å²) in [7, 11) is 0. The second-order valence-corrected chi connectivity index (χ2v) is 7.38. The molecule has 24 heavy (non-hydrogen) atoms. The molecule has 1 N–H and O–H groups in total. The van der Waals surface area contributed by atoms with E-state index in [2.05, 4.69) is 36.2 Å². The van der Waals surface area contributed by atoms with Gasteiger partial charge in [0.2, 0.25) is 0 Å². The maximum absolute atomic E-state index is 12.7. The lowest BCUT2D eigenvalue weighted by Crippen LogP contribution is -2.18. The van der Waals surface area contributed by atoms with E-state index in [0.717, 1.165) is 40.6 Å². The third-order valence-electron chi connectivity index (χ3n) is 4.36. The van der Waals surface area contributed by atoms with E-state index in [-0.39, 0.29) is 5.91 Å². The fourth-order valence-electron chi connectivity index (χ4n) is 3.09. The van der Waals surface area contributed by atoms with Crippen LogP contribution in [0.3, 0.4) is 0 Å². The predicted molar refractivity (Wildman–Crippen MR) is 103 cm³/mol. The lowest BCUT2D eigenvalue weighted by molar-refractivity contribution is 0.102. The first-order valence-corrected chi connectivity index (χ1v) is 9.56. The minimum absolute atomic E-state index is 0.0384. The molecule has 2 aromatic rings. The van der Waals surface area contributed by atoms with Gasteiger partial charge < -0.3 is 10.2 Å². The zero-order valence-electron chi connectivity index (χ0n) is 14.3. The third-order valence-corrected chi connectivity index (χ3v) is 5.32. The Hall–Kier alpha value is -1.94. The van der Waals surface area contributed by atoms with E-state index >= 15 is 0 Å². The second kappa shape index (κ2) is 7.75. The summed E-state index contributed by atoms with van der Waals surface area (Å²) in [6.07, 6.45) is 2.53. The number of amides is 1. The first-order valence-electron chi connectivity index (χ1n) is 8.58. The van der Waals surface area contributed by atoms with Crippen LogP contribution in [0.15, 0.2) is 47.4 Å². The highest BCUT2D eigenvalue weighted by atomic mass is 32.2. The van der Waals surface area contributed by atoms with Crippen LogP contribution in [0.25, 0.3) is 0 Å². The molecule has 2 aromatic carbocycles. The van der Waals surface area contributed by atoms with Gasteiger partial charge in [-0.2, -0.15) is 0 Å². The molecule has 0 bridgehead atoms. The number of carbonyl (C=O) groups is 1. The molecule has 3 rings (SSSR count). The molecule has 3 nitrogen and oxygen atoms in total. The van der Waals surface area contributed by atoms with Crippen LogP contribution >= 0.6 is 11.8 Å². The van der Waals surface area contributed by atoms with Crippen molar-refractivity contribution >= 4 is 29.0 Å². The van der Waals surface area contributed by atoms with Crippen LogP contribution in [0.5, 0.6) is 0 Å². The quantitative estimate of drug-likeness (QED) is 0.781. The molecule has 4 heteroatoms. The average Bonchev–Trinajstić information content (AvgIpc) is 3.12. The van der Waals surface area contributed by atoms with E-state index in [4.69, 9.17) is 0 Å². The van der Waals surface area contributed by atoms with Crippen LogP contribution < -0.4 is 10.2 Å². The van der Waals surface area contributed by atoms with Crippen LogP contribution in [0.2, 0.25) is 0 Å². The van der Waals surface area contributed by atoms with E-state index in [1.165, 1.54) is 18.5 Å². The number of nitrogens with one attached hydrogen (secondary N) is 1. The lowest BCUT2D eigenvalue weighted by Gasteiger charge is -2.19. The molecular formula is C20H24N2OS. The average molecular weight is 340 g/mol. The number of benzene rings is 2. The van der Waals surface area contributed by atoms with Crippen molar-refractivity contribution in [1.29, 1.82) is 0 Å². The summed E-state index contributed by atoms with van der Waals surface area (Å²) in [4.78, 5) is 16.1. The number of thioether (sulfide) groups is 1. The van der Waals surface area contributed by atoms with Crippen molar-refractivity contribution in [2.45, 2.75) is 31.6 Å². The van der Waals surface area contributed by atoms with Crippen LogP contribution in [0, 0.1) is 6.92 Å². The van der Waals surface area contributed by atoms with E-state index in [0.29, 0.717) is 0 Å². The fraction of sp³-hybridized carbons (Fsp3) is 0.350. The maximum Gasteiger partial charge on any atom is 0.256 e. The van der Waals surface area contributed by atoms with Crippen molar-refractivity contribution < 1.29 is 4.79 Å². The number of nitrogens with zero attached hydrogens (tertiary/aromatic N) is 1. The van der Waals surface area contributed by atoms with Crippen molar-refractivity contribution in [3.8, 4) is 0 Å². The van der Waals surface area contributed by atoms with Gasteiger partial charge in [-0.25, -0.2) is 0 Å². The minimum Gasteiger partial charge on any atom is -0.372 e. The van der Waals surface area contributed by atoms with Crippen molar-refractivity contribution in [3.05, 3.63) is 53.6 Å². The Kier molecular flexibility index (Phi) is 5.46. The summed E-state index contributed by atoms with van der Waals surface area (Å²) in [5.74, 6) is 0.914. The van der Waals surface area contributed by atoms with Crippen molar-refractivity contribution in [2.24, 2.45) is 0 Å². The van der Waals surface area contributed by atoms with Crippen LogP contribution in [0.1, 0.15) is 35.7 Å². The Morgan fingerprint density at radius 2 is 1.92 bits per heavy atom. The second-order valence-electron chi connectivity index (χ2n) is 6.08. The summed E-state index contributed by atoms with van der Waals surface area (Å²) in [5, 5.41) is 3.07. The Labute approximate surface area is 148 Å². The molecular weight excluding hydrogens is 316 g/mol. The fourth-order valence-corrected chi connectivity index (χ4v) is 3.89. The van der Waals surface area contributed by atoms with E-state index in [1.807, 2.05) is 30.3 Å². The molecule has 1 amide bonds. The van der Waals surface area contributed by atoms with Gasteiger partial charge in [-0.15, -0.1) is 11.8 Å². The highest BCUT2D eigenvalue weighted by Crippen LogP contribution is 2.27. The Morgan fingerprint density at radius 3 is 2.62 bits per heavy atom. The van der Waals surface area contributed by atoms with Crippen molar-refractivity contribution in [2.75, 3.05) is 29.1 Å². The molecule has 1 saturated heterocycles. The smallest absolute Gasteiger partial charge is 0.256 e. The molecule has 0 spiro atoms. The molecule has 126 valence electrons. The number of aryl methyl sites for hydroxylation is 1. The largest absolute Gasteiger partial charge is 0.372 e. The summed E-state index contributed by atoms with van der Waals surface area (Å²) < 4.78 is 0. The molecule has 0 atom stereocenters. The van der Waals surface area contributed by atoms with Gasteiger partial charge in [0.1, 0.15) is 0 Å². The van der Waals surface area contributed by atoms with Gasteiger partial charge in [0, 0.05) is 29.4 Å². The number of anilines is 2. The predicted octanol–water partition coefficient (Wildman–Crippen LogP) is 4.96. The van der Waals surface area contributed by atoms with Gasteiger partial charge in [-0.1, -0.05) is 19.1 Å².